The van der Waals surface area contributed by atoms with Crippen LogP contribution >= 0.6 is 0 Å². The monoisotopic (exact) mass is 341 g/mol. The number of aliphatic hydroxyl groups is 1. The Labute approximate surface area is 146 Å². The second kappa shape index (κ2) is 7.53. The van der Waals surface area contributed by atoms with Crippen molar-refractivity contribution < 1.29 is 9.90 Å². The molecule has 0 bridgehead atoms. The van der Waals surface area contributed by atoms with Crippen LogP contribution in [-0.2, 0) is 13.1 Å². The van der Waals surface area contributed by atoms with E-state index < -0.39 is 0 Å². The summed E-state index contributed by atoms with van der Waals surface area (Å²) in [5.41, 5.74) is 1.90. The van der Waals surface area contributed by atoms with Gasteiger partial charge in [0.1, 0.15) is 0 Å². The number of rotatable bonds is 7. The molecule has 1 fully saturated rings. The fourth-order valence-electron chi connectivity index (χ4n) is 2.63. The Bertz CT molecular complexity index is 779. The van der Waals surface area contributed by atoms with E-state index in [0.29, 0.717) is 19.6 Å². The van der Waals surface area contributed by atoms with Crippen molar-refractivity contribution in [1.29, 1.82) is 0 Å². The van der Waals surface area contributed by atoms with Crippen LogP contribution in [0.25, 0.3) is 0 Å². The molecule has 3 rings (SSSR count). The molecule has 0 aliphatic heterocycles. The van der Waals surface area contributed by atoms with Crippen LogP contribution in [0.5, 0.6) is 0 Å². The molecule has 6 nitrogen and oxygen atoms in total. The summed E-state index contributed by atoms with van der Waals surface area (Å²) in [6.07, 6.45) is 3.70. The van der Waals surface area contributed by atoms with Gasteiger partial charge in [0.05, 0.1) is 13.2 Å². The van der Waals surface area contributed by atoms with Crippen LogP contribution in [-0.4, -0.2) is 28.9 Å². The van der Waals surface area contributed by atoms with Crippen molar-refractivity contribution in [3.05, 3.63) is 70.1 Å². The van der Waals surface area contributed by atoms with Gasteiger partial charge >= 0.3 is 6.03 Å². The topological polar surface area (TPSA) is 83.4 Å². The summed E-state index contributed by atoms with van der Waals surface area (Å²) < 4.78 is 1.65. The van der Waals surface area contributed by atoms with E-state index in [1.807, 2.05) is 30.3 Å². The zero-order chi connectivity index (χ0) is 17.7. The Morgan fingerprint density at radius 2 is 1.80 bits per heavy atom. The number of hydrogen-bond acceptors (Lipinski definition) is 3. The summed E-state index contributed by atoms with van der Waals surface area (Å²) in [6, 6.07) is 12.7. The SMILES string of the molecule is O=C(NCc1ccc(Cn2ccccc2=O)cc1)NCC1(CO)CC1. The van der Waals surface area contributed by atoms with E-state index in [-0.39, 0.29) is 23.6 Å². The molecule has 2 aromatic rings. The first kappa shape index (κ1) is 17.2. The lowest BCUT2D eigenvalue weighted by atomic mass is 10.1. The summed E-state index contributed by atoms with van der Waals surface area (Å²) in [4.78, 5) is 23.5. The number of aliphatic hydroxyl groups excluding tert-OH is 1. The zero-order valence-corrected chi connectivity index (χ0v) is 14.1. The standard InChI is InChI=1S/C19H23N3O3/c23-14-19(8-9-19)13-21-18(25)20-11-15-4-6-16(7-5-15)12-22-10-2-1-3-17(22)24/h1-7,10,23H,8-9,11-14H2,(H2,20,21,25). The first-order valence-electron chi connectivity index (χ1n) is 8.46. The van der Waals surface area contributed by atoms with E-state index in [4.69, 9.17) is 0 Å². The molecule has 2 amide bonds. The van der Waals surface area contributed by atoms with Crippen molar-refractivity contribution in [2.45, 2.75) is 25.9 Å². The summed E-state index contributed by atoms with van der Waals surface area (Å²) in [5.74, 6) is 0. The second-order valence-corrected chi connectivity index (χ2v) is 6.68. The molecular weight excluding hydrogens is 318 g/mol. The summed E-state index contributed by atoms with van der Waals surface area (Å²) in [5, 5.41) is 14.9. The van der Waals surface area contributed by atoms with Crippen LogP contribution in [0.4, 0.5) is 4.79 Å². The van der Waals surface area contributed by atoms with Crippen LogP contribution in [0.15, 0.2) is 53.5 Å². The predicted molar refractivity (Wildman–Crippen MR) is 95.2 cm³/mol. The normalized spacial score (nSPS) is 14.8. The van der Waals surface area contributed by atoms with Gasteiger partial charge in [-0.2, -0.15) is 0 Å². The molecule has 0 unspecified atom stereocenters. The Morgan fingerprint density at radius 3 is 2.44 bits per heavy atom. The van der Waals surface area contributed by atoms with Gasteiger partial charge in [0.15, 0.2) is 0 Å². The van der Waals surface area contributed by atoms with Crippen LogP contribution in [0.3, 0.4) is 0 Å². The lowest BCUT2D eigenvalue weighted by Crippen LogP contribution is -2.39. The maximum atomic E-state index is 11.8. The molecule has 1 aliphatic rings. The molecule has 1 aromatic carbocycles. The Hall–Kier alpha value is -2.60. The van der Waals surface area contributed by atoms with Crippen LogP contribution in [0, 0.1) is 5.41 Å². The Kier molecular flexibility index (Phi) is 5.19. The van der Waals surface area contributed by atoms with Crippen molar-refractivity contribution >= 4 is 6.03 Å². The third-order valence-corrected chi connectivity index (χ3v) is 4.64. The highest BCUT2D eigenvalue weighted by atomic mass is 16.3. The second-order valence-electron chi connectivity index (χ2n) is 6.68. The van der Waals surface area contributed by atoms with Crippen molar-refractivity contribution in [2.75, 3.05) is 13.2 Å². The smallest absolute Gasteiger partial charge is 0.315 e. The number of amides is 2. The molecular formula is C19H23N3O3. The summed E-state index contributed by atoms with van der Waals surface area (Å²) in [7, 11) is 0. The van der Waals surface area contributed by atoms with Crippen molar-refractivity contribution in [3.8, 4) is 0 Å². The fourth-order valence-corrected chi connectivity index (χ4v) is 2.63. The summed E-state index contributed by atoms with van der Waals surface area (Å²) >= 11 is 0. The average Bonchev–Trinajstić information content (AvgIpc) is 3.42. The predicted octanol–water partition coefficient (Wildman–Crippen LogP) is 1.47. The van der Waals surface area contributed by atoms with Gasteiger partial charge in [-0.25, -0.2) is 4.79 Å². The van der Waals surface area contributed by atoms with Gasteiger partial charge < -0.3 is 20.3 Å². The number of hydrogen-bond donors (Lipinski definition) is 3. The van der Waals surface area contributed by atoms with Crippen LogP contribution in [0.1, 0.15) is 24.0 Å². The number of pyridine rings is 1. The highest BCUT2D eigenvalue weighted by Crippen LogP contribution is 2.44. The molecule has 1 aliphatic carbocycles. The molecule has 132 valence electrons. The fraction of sp³-hybridized carbons (Fsp3) is 0.368. The number of nitrogens with zero attached hydrogens (tertiary/aromatic N) is 1. The largest absolute Gasteiger partial charge is 0.396 e. The number of urea groups is 1. The van der Waals surface area contributed by atoms with Crippen LogP contribution < -0.4 is 16.2 Å². The molecule has 6 heteroatoms. The molecule has 0 saturated heterocycles. The van der Waals surface area contributed by atoms with E-state index in [1.165, 1.54) is 0 Å². The summed E-state index contributed by atoms with van der Waals surface area (Å²) in [6.45, 7) is 1.60. The van der Waals surface area contributed by atoms with Crippen molar-refractivity contribution in [1.82, 2.24) is 15.2 Å². The first-order chi connectivity index (χ1) is 12.1. The molecule has 0 atom stereocenters. The maximum Gasteiger partial charge on any atom is 0.315 e. The molecule has 25 heavy (non-hydrogen) atoms. The third-order valence-electron chi connectivity index (χ3n) is 4.64. The van der Waals surface area contributed by atoms with Crippen LogP contribution in [0.2, 0.25) is 0 Å². The van der Waals surface area contributed by atoms with Gasteiger partial charge in [-0.3, -0.25) is 4.79 Å². The van der Waals surface area contributed by atoms with Gasteiger partial charge in [0, 0.05) is 30.8 Å². The van der Waals surface area contributed by atoms with Crippen molar-refractivity contribution in [3.63, 3.8) is 0 Å². The minimum atomic E-state index is -0.223. The highest BCUT2D eigenvalue weighted by molar-refractivity contribution is 5.73. The highest BCUT2D eigenvalue weighted by Gasteiger charge is 2.42. The number of carbonyl (C=O) groups excluding carboxylic acids is 1. The molecule has 3 N–H and O–H groups in total. The van der Waals surface area contributed by atoms with Gasteiger partial charge in [-0.15, -0.1) is 0 Å². The molecule has 0 spiro atoms. The van der Waals surface area contributed by atoms with Gasteiger partial charge in [-0.05, 0) is 30.0 Å². The minimum Gasteiger partial charge on any atom is -0.396 e. The van der Waals surface area contributed by atoms with E-state index >= 15 is 0 Å². The Morgan fingerprint density at radius 1 is 1.08 bits per heavy atom. The molecule has 1 heterocycles. The Balaban J connectivity index is 1.47. The van der Waals surface area contributed by atoms with E-state index in [0.717, 1.165) is 24.0 Å². The number of carbonyl (C=O) groups is 1. The van der Waals surface area contributed by atoms with Gasteiger partial charge in [-0.1, -0.05) is 30.3 Å². The quantitative estimate of drug-likeness (QED) is 0.713. The number of nitrogens with one attached hydrogen (secondary N) is 2. The third kappa shape index (κ3) is 4.70. The van der Waals surface area contributed by atoms with Crippen molar-refractivity contribution in [2.24, 2.45) is 5.41 Å². The van der Waals surface area contributed by atoms with E-state index in [2.05, 4.69) is 10.6 Å². The average molecular weight is 341 g/mol. The lowest BCUT2D eigenvalue weighted by molar-refractivity contribution is 0.203. The van der Waals surface area contributed by atoms with E-state index in [1.54, 1.807) is 22.9 Å². The molecule has 1 saturated carbocycles. The maximum absolute atomic E-state index is 11.8. The number of benzene rings is 1. The lowest BCUT2D eigenvalue weighted by Gasteiger charge is -2.13. The zero-order valence-electron chi connectivity index (χ0n) is 14.1. The number of aromatic nitrogens is 1. The molecule has 1 aromatic heterocycles. The van der Waals surface area contributed by atoms with E-state index in [9.17, 15) is 14.7 Å². The van der Waals surface area contributed by atoms with Gasteiger partial charge in [0.2, 0.25) is 0 Å². The van der Waals surface area contributed by atoms with Gasteiger partial charge in [0.25, 0.3) is 5.56 Å². The minimum absolute atomic E-state index is 0.0266. The molecule has 0 radical (unpaired) electrons. The first-order valence-corrected chi connectivity index (χ1v) is 8.46.